The lowest BCUT2D eigenvalue weighted by atomic mass is 10.1. The Morgan fingerprint density at radius 2 is 1.75 bits per heavy atom. The summed E-state index contributed by atoms with van der Waals surface area (Å²) in [6.07, 6.45) is 0. The van der Waals surface area contributed by atoms with E-state index in [2.05, 4.69) is 30.1 Å². The van der Waals surface area contributed by atoms with Gasteiger partial charge >= 0.3 is 6.03 Å². The Morgan fingerprint density at radius 1 is 1.07 bits per heavy atom. The van der Waals surface area contributed by atoms with Crippen molar-refractivity contribution < 1.29 is 9.18 Å². The van der Waals surface area contributed by atoms with Crippen molar-refractivity contribution >= 4 is 23.1 Å². The number of para-hydroxylation sites is 1. The molecule has 1 fully saturated rings. The summed E-state index contributed by atoms with van der Waals surface area (Å²) in [6, 6.07) is 12.8. The maximum Gasteiger partial charge on any atom is 0.321 e. The first kappa shape index (κ1) is 20.0. The van der Waals surface area contributed by atoms with E-state index in [0.717, 1.165) is 24.3 Å². The van der Waals surface area contributed by atoms with Crippen LogP contribution in [0.3, 0.4) is 0 Å². The van der Waals surface area contributed by atoms with Crippen molar-refractivity contribution in [2.45, 2.75) is 20.8 Å². The van der Waals surface area contributed by atoms with Gasteiger partial charge in [-0.15, -0.1) is 0 Å². The van der Waals surface area contributed by atoms with Gasteiger partial charge in [0.25, 0.3) is 0 Å². The van der Waals surface area contributed by atoms with Crippen LogP contribution in [0.5, 0.6) is 0 Å². The van der Waals surface area contributed by atoms with Gasteiger partial charge in [0.15, 0.2) is 0 Å². The van der Waals surface area contributed by atoms with E-state index in [9.17, 15) is 9.18 Å². The highest BCUT2D eigenvalue weighted by atomic mass is 19.1. The number of urea groups is 1. The van der Waals surface area contributed by atoms with Crippen molar-refractivity contribution in [3.8, 4) is 0 Å². The maximum atomic E-state index is 14.0. The van der Waals surface area contributed by atoms with Crippen LogP contribution in [0.4, 0.5) is 26.2 Å². The smallest absolute Gasteiger partial charge is 0.321 e. The normalized spacial score (nSPS) is 14.1. The second kappa shape index (κ2) is 8.95. The first-order valence-corrected chi connectivity index (χ1v) is 9.94. The summed E-state index contributed by atoms with van der Waals surface area (Å²) in [4.78, 5) is 18.7. The molecule has 5 nitrogen and oxygen atoms in total. The molecule has 1 N–H and O–H groups in total. The summed E-state index contributed by atoms with van der Waals surface area (Å²) in [5.74, 6) is -0.218. The van der Waals surface area contributed by atoms with Gasteiger partial charge in [-0.05, 0) is 56.7 Å². The van der Waals surface area contributed by atoms with Crippen LogP contribution in [0.2, 0.25) is 0 Å². The number of hydrogen-bond acceptors (Lipinski definition) is 3. The molecule has 2 amide bonds. The van der Waals surface area contributed by atoms with Gasteiger partial charge < -0.3 is 20.0 Å². The zero-order valence-corrected chi connectivity index (χ0v) is 16.9. The second-order valence-electron chi connectivity index (χ2n) is 7.03. The lowest BCUT2D eigenvalue weighted by Crippen LogP contribution is -2.50. The van der Waals surface area contributed by atoms with Gasteiger partial charge in [-0.2, -0.15) is 0 Å². The van der Waals surface area contributed by atoms with Crippen LogP contribution in [0, 0.1) is 12.7 Å². The standard InChI is InChI=1S/C22H29FN4O/c1-4-25(5-2)18-10-11-20(17(3)16-18)24-22(28)27-14-12-26(13-15-27)21-9-7-6-8-19(21)23/h6-11,16H,4-5,12-15H2,1-3H3,(H,24,28). The summed E-state index contributed by atoms with van der Waals surface area (Å²) >= 11 is 0. The molecule has 3 rings (SSSR count). The number of benzene rings is 2. The number of hydrogen-bond donors (Lipinski definition) is 1. The summed E-state index contributed by atoms with van der Waals surface area (Å²) in [5, 5.41) is 3.02. The number of halogens is 1. The molecule has 0 aromatic heterocycles. The number of rotatable bonds is 5. The van der Waals surface area contributed by atoms with E-state index in [-0.39, 0.29) is 11.8 Å². The number of carbonyl (C=O) groups excluding carboxylic acids is 1. The third kappa shape index (κ3) is 4.38. The fourth-order valence-corrected chi connectivity index (χ4v) is 3.63. The molecule has 0 aliphatic carbocycles. The number of aryl methyl sites for hydroxylation is 1. The lowest BCUT2D eigenvalue weighted by molar-refractivity contribution is 0.208. The Kier molecular flexibility index (Phi) is 6.39. The minimum Gasteiger partial charge on any atom is -0.372 e. The predicted octanol–water partition coefficient (Wildman–Crippen LogP) is 4.33. The Morgan fingerprint density at radius 3 is 2.36 bits per heavy atom. The highest BCUT2D eigenvalue weighted by Gasteiger charge is 2.23. The van der Waals surface area contributed by atoms with Crippen LogP contribution in [0.1, 0.15) is 19.4 Å². The molecular weight excluding hydrogens is 355 g/mol. The zero-order chi connectivity index (χ0) is 20.1. The van der Waals surface area contributed by atoms with E-state index in [1.54, 1.807) is 17.0 Å². The molecule has 1 aliphatic rings. The maximum absolute atomic E-state index is 14.0. The lowest BCUT2D eigenvalue weighted by Gasteiger charge is -2.36. The van der Waals surface area contributed by atoms with Crippen LogP contribution < -0.4 is 15.1 Å². The van der Waals surface area contributed by atoms with Crippen LogP contribution >= 0.6 is 0 Å². The van der Waals surface area contributed by atoms with Gasteiger partial charge in [0.2, 0.25) is 0 Å². The molecule has 0 radical (unpaired) electrons. The fourth-order valence-electron chi connectivity index (χ4n) is 3.63. The molecule has 1 aliphatic heterocycles. The number of piperazine rings is 1. The van der Waals surface area contributed by atoms with E-state index >= 15 is 0 Å². The average Bonchev–Trinajstić information content (AvgIpc) is 2.71. The monoisotopic (exact) mass is 384 g/mol. The molecule has 0 atom stereocenters. The van der Waals surface area contributed by atoms with Gasteiger partial charge in [0.05, 0.1) is 5.69 Å². The molecule has 0 bridgehead atoms. The van der Waals surface area contributed by atoms with Crippen molar-refractivity contribution in [2.24, 2.45) is 0 Å². The van der Waals surface area contributed by atoms with Gasteiger partial charge in [-0.1, -0.05) is 12.1 Å². The van der Waals surface area contributed by atoms with Crippen molar-refractivity contribution in [3.63, 3.8) is 0 Å². The second-order valence-corrected chi connectivity index (χ2v) is 7.03. The Labute approximate surface area is 166 Å². The zero-order valence-electron chi connectivity index (χ0n) is 16.9. The summed E-state index contributed by atoms with van der Waals surface area (Å²) in [5.41, 5.74) is 3.64. The highest BCUT2D eigenvalue weighted by Crippen LogP contribution is 2.24. The van der Waals surface area contributed by atoms with Crippen LogP contribution in [-0.4, -0.2) is 50.2 Å². The van der Waals surface area contributed by atoms with Gasteiger partial charge in [-0.25, -0.2) is 9.18 Å². The quantitative estimate of drug-likeness (QED) is 0.834. The van der Waals surface area contributed by atoms with Gasteiger partial charge in [0, 0.05) is 50.6 Å². The molecule has 0 spiro atoms. The number of nitrogens with one attached hydrogen (secondary N) is 1. The molecule has 2 aromatic rings. The first-order chi connectivity index (χ1) is 13.5. The van der Waals surface area contributed by atoms with Gasteiger partial charge in [0.1, 0.15) is 5.82 Å². The van der Waals surface area contributed by atoms with Crippen molar-refractivity contribution in [3.05, 3.63) is 53.8 Å². The fraction of sp³-hybridized carbons (Fsp3) is 0.409. The van der Waals surface area contributed by atoms with E-state index in [1.165, 1.54) is 11.8 Å². The molecule has 6 heteroatoms. The predicted molar refractivity (Wildman–Crippen MR) is 114 cm³/mol. The molecule has 0 unspecified atom stereocenters. The number of nitrogens with zero attached hydrogens (tertiary/aromatic N) is 3. The average molecular weight is 384 g/mol. The minimum atomic E-state index is -0.218. The Hall–Kier alpha value is -2.76. The third-order valence-corrected chi connectivity index (χ3v) is 5.34. The molecule has 0 saturated carbocycles. The van der Waals surface area contributed by atoms with Gasteiger partial charge in [-0.3, -0.25) is 0 Å². The van der Waals surface area contributed by atoms with E-state index in [1.807, 2.05) is 30.0 Å². The van der Waals surface area contributed by atoms with E-state index in [4.69, 9.17) is 0 Å². The minimum absolute atomic E-state index is 0.105. The molecule has 1 saturated heterocycles. The Bertz CT molecular complexity index is 814. The SMILES string of the molecule is CCN(CC)c1ccc(NC(=O)N2CCN(c3ccccc3F)CC2)c(C)c1. The largest absolute Gasteiger partial charge is 0.372 e. The molecular formula is C22H29FN4O. The topological polar surface area (TPSA) is 38.8 Å². The van der Waals surface area contributed by atoms with Crippen molar-refractivity contribution in [1.29, 1.82) is 0 Å². The summed E-state index contributed by atoms with van der Waals surface area (Å²) in [6.45, 7) is 10.6. The van der Waals surface area contributed by atoms with E-state index < -0.39 is 0 Å². The highest BCUT2D eigenvalue weighted by molar-refractivity contribution is 5.90. The molecule has 28 heavy (non-hydrogen) atoms. The molecule has 2 aromatic carbocycles. The third-order valence-electron chi connectivity index (χ3n) is 5.34. The number of carbonyl (C=O) groups is 1. The molecule has 1 heterocycles. The Balaban J connectivity index is 1.59. The van der Waals surface area contributed by atoms with Crippen molar-refractivity contribution in [2.75, 3.05) is 54.4 Å². The number of amides is 2. The molecule has 150 valence electrons. The summed E-state index contributed by atoms with van der Waals surface area (Å²) < 4.78 is 14.0. The van der Waals surface area contributed by atoms with Crippen LogP contribution in [0.15, 0.2) is 42.5 Å². The number of anilines is 3. The van der Waals surface area contributed by atoms with E-state index in [0.29, 0.717) is 31.9 Å². The van der Waals surface area contributed by atoms with Crippen molar-refractivity contribution in [1.82, 2.24) is 4.90 Å². The van der Waals surface area contributed by atoms with Crippen LogP contribution in [0.25, 0.3) is 0 Å². The summed E-state index contributed by atoms with van der Waals surface area (Å²) in [7, 11) is 0. The first-order valence-electron chi connectivity index (χ1n) is 9.94. The van der Waals surface area contributed by atoms with Crippen LogP contribution in [-0.2, 0) is 0 Å².